The summed E-state index contributed by atoms with van der Waals surface area (Å²) in [5.74, 6) is 0.141. The number of piperazine rings is 1. The Labute approximate surface area is 119 Å². The molecule has 0 bridgehead atoms. The van der Waals surface area contributed by atoms with Crippen molar-refractivity contribution in [3.05, 3.63) is 22.4 Å². The van der Waals surface area contributed by atoms with Gasteiger partial charge < -0.3 is 10.6 Å². The van der Waals surface area contributed by atoms with Gasteiger partial charge in [-0.05, 0) is 24.8 Å². The highest BCUT2D eigenvalue weighted by molar-refractivity contribution is 7.10. The van der Waals surface area contributed by atoms with E-state index in [1.165, 1.54) is 4.88 Å². The maximum atomic E-state index is 12.3. The number of carbonyl (C=O) groups is 1. The van der Waals surface area contributed by atoms with Gasteiger partial charge in [0.2, 0.25) is 5.91 Å². The first kappa shape index (κ1) is 14.5. The molecule has 2 N–H and O–H groups in total. The van der Waals surface area contributed by atoms with Crippen molar-refractivity contribution in [2.45, 2.75) is 32.4 Å². The monoisotopic (exact) mass is 281 g/mol. The average Bonchev–Trinajstić information content (AvgIpc) is 2.98. The van der Waals surface area contributed by atoms with E-state index in [-0.39, 0.29) is 18.0 Å². The van der Waals surface area contributed by atoms with Crippen molar-refractivity contribution in [2.24, 2.45) is 0 Å². The molecule has 4 nitrogen and oxygen atoms in total. The Kier molecular flexibility index (Phi) is 5.36. The highest BCUT2D eigenvalue weighted by Gasteiger charge is 2.24. The topological polar surface area (TPSA) is 44.4 Å². The van der Waals surface area contributed by atoms with Crippen molar-refractivity contribution in [1.29, 1.82) is 0 Å². The predicted molar refractivity (Wildman–Crippen MR) is 79.4 cm³/mol. The second-order valence-electron chi connectivity index (χ2n) is 4.95. The minimum Gasteiger partial charge on any atom is -0.347 e. The number of amides is 1. The normalized spacial score (nSPS) is 19.9. The molecule has 5 heteroatoms. The van der Waals surface area contributed by atoms with Gasteiger partial charge in [-0.1, -0.05) is 13.0 Å². The Hall–Kier alpha value is -0.910. The maximum absolute atomic E-state index is 12.3. The number of thiophene rings is 1. The number of rotatable bonds is 5. The van der Waals surface area contributed by atoms with Gasteiger partial charge in [0, 0.05) is 31.1 Å². The van der Waals surface area contributed by atoms with Crippen LogP contribution in [0.3, 0.4) is 0 Å². The molecule has 106 valence electrons. The Balaban J connectivity index is 1.91. The second kappa shape index (κ2) is 7.03. The van der Waals surface area contributed by atoms with E-state index in [1.54, 1.807) is 11.3 Å². The second-order valence-corrected chi connectivity index (χ2v) is 5.93. The van der Waals surface area contributed by atoms with E-state index in [0.717, 1.165) is 32.6 Å². The molecule has 2 atom stereocenters. The first-order chi connectivity index (χ1) is 9.22. The summed E-state index contributed by atoms with van der Waals surface area (Å²) in [5.41, 5.74) is 0. The standard InChI is InChI=1S/C14H23N3OS/c1-3-12(13-5-4-10-19-13)16-14(18)11(2)17-8-6-15-7-9-17/h4-5,10-12,15H,3,6-9H2,1-2H3,(H,16,18). The average molecular weight is 281 g/mol. The van der Waals surface area contributed by atoms with Gasteiger partial charge in [-0.15, -0.1) is 11.3 Å². The van der Waals surface area contributed by atoms with E-state index < -0.39 is 0 Å². The SMILES string of the molecule is CCC(NC(=O)C(C)N1CCNCC1)c1cccs1. The molecule has 0 radical (unpaired) electrons. The van der Waals surface area contributed by atoms with Crippen LogP contribution in [-0.2, 0) is 4.79 Å². The van der Waals surface area contributed by atoms with Gasteiger partial charge in [0.05, 0.1) is 12.1 Å². The summed E-state index contributed by atoms with van der Waals surface area (Å²) in [6.07, 6.45) is 0.931. The van der Waals surface area contributed by atoms with E-state index in [1.807, 2.05) is 13.0 Å². The van der Waals surface area contributed by atoms with Crippen molar-refractivity contribution in [3.63, 3.8) is 0 Å². The number of hydrogen-bond donors (Lipinski definition) is 2. The summed E-state index contributed by atoms with van der Waals surface area (Å²) in [7, 11) is 0. The van der Waals surface area contributed by atoms with E-state index in [2.05, 4.69) is 33.9 Å². The Morgan fingerprint density at radius 3 is 2.84 bits per heavy atom. The highest BCUT2D eigenvalue weighted by atomic mass is 32.1. The Morgan fingerprint density at radius 1 is 1.53 bits per heavy atom. The smallest absolute Gasteiger partial charge is 0.237 e. The molecular formula is C14H23N3OS. The van der Waals surface area contributed by atoms with Crippen molar-refractivity contribution in [1.82, 2.24) is 15.5 Å². The van der Waals surface area contributed by atoms with Gasteiger partial charge >= 0.3 is 0 Å². The fourth-order valence-electron chi connectivity index (χ4n) is 2.39. The molecule has 1 amide bonds. The summed E-state index contributed by atoms with van der Waals surface area (Å²) in [6.45, 7) is 7.95. The number of carbonyl (C=O) groups excluding carboxylic acids is 1. The minimum absolute atomic E-state index is 0.0453. The zero-order valence-corrected chi connectivity index (χ0v) is 12.5. The van der Waals surface area contributed by atoms with Crippen LogP contribution >= 0.6 is 11.3 Å². The van der Waals surface area contributed by atoms with Crippen LogP contribution in [0.2, 0.25) is 0 Å². The largest absolute Gasteiger partial charge is 0.347 e. The first-order valence-electron chi connectivity index (χ1n) is 7.01. The van der Waals surface area contributed by atoms with Crippen LogP contribution in [0.15, 0.2) is 17.5 Å². The third-order valence-electron chi connectivity index (χ3n) is 3.69. The molecule has 0 spiro atoms. The first-order valence-corrected chi connectivity index (χ1v) is 7.89. The van der Waals surface area contributed by atoms with Crippen molar-refractivity contribution < 1.29 is 4.79 Å². The molecule has 1 aliphatic heterocycles. The van der Waals surface area contributed by atoms with Crippen molar-refractivity contribution in [3.8, 4) is 0 Å². The van der Waals surface area contributed by atoms with Crippen LogP contribution in [-0.4, -0.2) is 43.0 Å². The lowest BCUT2D eigenvalue weighted by Crippen LogP contribution is -2.53. The summed E-state index contributed by atoms with van der Waals surface area (Å²) >= 11 is 1.71. The molecule has 0 aliphatic carbocycles. The molecule has 0 saturated carbocycles. The molecule has 1 aromatic heterocycles. The van der Waals surface area contributed by atoms with E-state index in [4.69, 9.17) is 0 Å². The van der Waals surface area contributed by atoms with Crippen LogP contribution < -0.4 is 10.6 Å². The van der Waals surface area contributed by atoms with E-state index in [0.29, 0.717) is 0 Å². The van der Waals surface area contributed by atoms with Gasteiger partial charge in [-0.25, -0.2) is 0 Å². The Morgan fingerprint density at radius 2 is 2.26 bits per heavy atom. The molecule has 2 heterocycles. The van der Waals surface area contributed by atoms with Crippen molar-refractivity contribution in [2.75, 3.05) is 26.2 Å². The minimum atomic E-state index is -0.0453. The summed E-state index contributed by atoms with van der Waals surface area (Å²) in [5, 5.41) is 8.55. The van der Waals surface area contributed by atoms with Crippen LogP contribution in [0.25, 0.3) is 0 Å². The number of nitrogens with zero attached hydrogens (tertiary/aromatic N) is 1. The fraction of sp³-hybridized carbons (Fsp3) is 0.643. The highest BCUT2D eigenvalue weighted by Crippen LogP contribution is 2.21. The number of hydrogen-bond acceptors (Lipinski definition) is 4. The molecule has 0 aromatic carbocycles. The van der Waals surface area contributed by atoms with Crippen LogP contribution in [0.1, 0.15) is 31.2 Å². The summed E-state index contributed by atoms with van der Waals surface area (Å²) in [4.78, 5) is 15.8. The molecule has 1 aliphatic rings. The lowest BCUT2D eigenvalue weighted by molar-refractivity contribution is -0.126. The summed E-state index contributed by atoms with van der Waals surface area (Å²) < 4.78 is 0. The molecule has 1 saturated heterocycles. The third-order valence-corrected chi connectivity index (χ3v) is 4.68. The molecular weight excluding hydrogens is 258 g/mol. The van der Waals surface area contributed by atoms with Gasteiger partial charge in [0.1, 0.15) is 0 Å². The van der Waals surface area contributed by atoms with Crippen LogP contribution in [0.4, 0.5) is 0 Å². The molecule has 1 fully saturated rings. The molecule has 2 unspecified atom stereocenters. The maximum Gasteiger partial charge on any atom is 0.237 e. The number of nitrogens with one attached hydrogen (secondary N) is 2. The van der Waals surface area contributed by atoms with E-state index in [9.17, 15) is 4.79 Å². The van der Waals surface area contributed by atoms with Gasteiger partial charge in [0.15, 0.2) is 0 Å². The van der Waals surface area contributed by atoms with E-state index >= 15 is 0 Å². The molecule has 19 heavy (non-hydrogen) atoms. The van der Waals surface area contributed by atoms with Crippen molar-refractivity contribution >= 4 is 17.2 Å². The van der Waals surface area contributed by atoms with Crippen LogP contribution in [0, 0.1) is 0 Å². The van der Waals surface area contributed by atoms with Gasteiger partial charge in [0.25, 0.3) is 0 Å². The zero-order valence-electron chi connectivity index (χ0n) is 11.7. The zero-order chi connectivity index (χ0) is 13.7. The quantitative estimate of drug-likeness (QED) is 0.862. The van der Waals surface area contributed by atoms with Crippen LogP contribution in [0.5, 0.6) is 0 Å². The fourth-order valence-corrected chi connectivity index (χ4v) is 3.25. The third kappa shape index (κ3) is 3.78. The molecule has 1 aromatic rings. The summed E-state index contributed by atoms with van der Waals surface area (Å²) in [6, 6.07) is 4.23. The molecule has 2 rings (SSSR count). The lowest BCUT2D eigenvalue weighted by Gasteiger charge is -2.32. The van der Waals surface area contributed by atoms with Gasteiger partial charge in [-0.3, -0.25) is 9.69 Å². The predicted octanol–water partition coefficient (Wildman–Crippen LogP) is 1.61. The van der Waals surface area contributed by atoms with Gasteiger partial charge in [-0.2, -0.15) is 0 Å². The lowest BCUT2D eigenvalue weighted by atomic mass is 10.1. The Bertz CT molecular complexity index is 387.